The summed E-state index contributed by atoms with van der Waals surface area (Å²) in [5.41, 5.74) is 2.46. The predicted octanol–water partition coefficient (Wildman–Crippen LogP) is 1.83. The van der Waals surface area contributed by atoms with Crippen molar-refractivity contribution in [1.82, 2.24) is 10.6 Å². The van der Waals surface area contributed by atoms with Crippen LogP contribution in [-0.2, 0) is 9.59 Å². The number of urea groups is 1. The Morgan fingerprint density at radius 1 is 0.800 bits per heavy atom. The number of fused-ring (bicyclic) bond motifs is 1. The van der Waals surface area contributed by atoms with Crippen LogP contribution >= 0.6 is 0 Å². The number of ether oxygens (including phenoxy) is 2. The van der Waals surface area contributed by atoms with Gasteiger partial charge in [-0.3, -0.25) is 20.2 Å². The number of hydrogen-bond acceptors (Lipinski definition) is 5. The second kappa shape index (κ2) is 5.79. The van der Waals surface area contributed by atoms with Crippen LogP contribution in [0.1, 0.15) is 5.56 Å². The summed E-state index contributed by atoms with van der Waals surface area (Å²) < 4.78 is 10.7. The smallest absolute Gasteiger partial charge is 0.328 e. The van der Waals surface area contributed by atoms with Crippen molar-refractivity contribution in [3.8, 4) is 22.6 Å². The van der Waals surface area contributed by atoms with Crippen molar-refractivity contribution in [2.24, 2.45) is 0 Å². The number of imide groups is 2. The van der Waals surface area contributed by atoms with Crippen LogP contribution in [0.3, 0.4) is 0 Å². The maximum atomic E-state index is 11.7. The van der Waals surface area contributed by atoms with E-state index in [2.05, 4.69) is 0 Å². The number of nitrogens with one attached hydrogen (secondary N) is 2. The summed E-state index contributed by atoms with van der Waals surface area (Å²) in [6.07, 6.45) is 1.43. The highest BCUT2D eigenvalue weighted by Crippen LogP contribution is 2.35. The van der Waals surface area contributed by atoms with Crippen LogP contribution in [0.2, 0.25) is 0 Å². The molecule has 2 aliphatic heterocycles. The quantitative estimate of drug-likeness (QED) is 0.645. The Hall–Kier alpha value is -3.61. The van der Waals surface area contributed by atoms with Gasteiger partial charge in [-0.05, 0) is 34.9 Å². The Kier molecular flexibility index (Phi) is 3.46. The van der Waals surface area contributed by atoms with Gasteiger partial charge in [-0.25, -0.2) is 4.79 Å². The molecule has 0 aromatic heterocycles. The summed E-state index contributed by atoms with van der Waals surface area (Å²) in [5, 5.41) is 4.07. The number of carbonyl (C=O) groups excluding carboxylic acids is 3. The average molecular weight is 336 g/mol. The number of amides is 4. The van der Waals surface area contributed by atoms with E-state index in [4.69, 9.17) is 9.47 Å². The first-order valence-electron chi connectivity index (χ1n) is 7.48. The second-order valence-electron chi connectivity index (χ2n) is 5.49. The fourth-order valence-electron chi connectivity index (χ4n) is 2.62. The second-order valence-corrected chi connectivity index (χ2v) is 5.49. The van der Waals surface area contributed by atoms with Gasteiger partial charge < -0.3 is 9.47 Å². The average Bonchev–Trinajstić information content (AvgIpc) is 3.06. The lowest BCUT2D eigenvalue weighted by Gasteiger charge is -2.13. The van der Waals surface area contributed by atoms with Gasteiger partial charge in [0.1, 0.15) is 5.57 Å². The van der Waals surface area contributed by atoms with Crippen LogP contribution in [0, 0.1) is 0 Å². The van der Waals surface area contributed by atoms with Gasteiger partial charge in [0.15, 0.2) is 11.5 Å². The van der Waals surface area contributed by atoms with Crippen molar-refractivity contribution in [2.75, 3.05) is 6.79 Å². The van der Waals surface area contributed by atoms with Gasteiger partial charge in [-0.15, -0.1) is 0 Å². The van der Waals surface area contributed by atoms with Gasteiger partial charge in [0, 0.05) is 0 Å². The van der Waals surface area contributed by atoms with Crippen molar-refractivity contribution < 1.29 is 23.9 Å². The zero-order valence-corrected chi connectivity index (χ0v) is 12.9. The molecule has 7 nitrogen and oxygen atoms in total. The highest BCUT2D eigenvalue weighted by atomic mass is 16.7. The number of barbiturate groups is 1. The first kappa shape index (κ1) is 14.9. The standard InChI is InChI=1S/C18H12N2O5/c21-16-13(17(22)20-18(23)19-16)7-10-1-3-11(4-2-10)12-5-6-14-15(8-12)25-9-24-14/h1-8H,9H2,(H2,19,20,21,22,23). The van der Waals surface area contributed by atoms with E-state index in [0.29, 0.717) is 17.1 Å². The zero-order valence-electron chi connectivity index (χ0n) is 12.9. The third-order valence-corrected chi connectivity index (χ3v) is 3.87. The molecule has 2 aromatic carbocycles. The van der Waals surface area contributed by atoms with Gasteiger partial charge in [0.05, 0.1) is 0 Å². The SMILES string of the molecule is O=C1NC(=O)C(=Cc2ccc(-c3ccc4c(c3)OCO4)cc2)C(=O)N1. The molecule has 0 bridgehead atoms. The molecule has 0 aliphatic carbocycles. The number of hydrogen-bond donors (Lipinski definition) is 2. The lowest BCUT2D eigenvalue weighted by Crippen LogP contribution is -2.51. The Morgan fingerprint density at radius 2 is 1.44 bits per heavy atom. The zero-order chi connectivity index (χ0) is 17.4. The number of carbonyl (C=O) groups is 3. The lowest BCUT2D eigenvalue weighted by molar-refractivity contribution is -0.123. The van der Waals surface area contributed by atoms with E-state index < -0.39 is 17.8 Å². The maximum Gasteiger partial charge on any atom is 0.328 e. The Balaban J connectivity index is 1.60. The van der Waals surface area contributed by atoms with E-state index in [1.54, 1.807) is 12.1 Å². The first-order valence-corrected chi connectivity index (χ1v) is 7.48. The summed E-state index contributed by atoms with van der Waals surface area (Å²) in [7, 11) is 0. The van der Waals surface area contributed by atoms with Crippen molar-refractivity contribution >= 4 is 23.9 Å². The highest BCUT2D eigenvalue weighted by Gasteiger charge is 2.27. The molecule has 25 heavy (non-hydrogen) atoms. The minimum absolute atomic E-state index is 0.115. The summed E-state index contributed by atoms with van der Waals surface area (Å²) >= 11 is 0. The summed E-state index contributed by atoms with van der Waals surface area (Å²) in [5.74, 6) is -0.0138. The van der Waals surface area contributed by atoms with Gasteiger partial charge >= 0.3 is 6.03 Å². The molecule has 0 spiro atoms. The minimum Gasteiger partial charge on any atom is -0.454 e. The molecule has 2 aliphatic rings. The Labute approximate surface area is 142 Å². The molecule has 0 radical (unpaired) electrons. The van der Waals surface area contributed by atoms with Crippen molar-refractivity contribution in [1.29, 1.82) is 0 Å². The van der Waals surface area contributed by atoms with Gasteiger partial charge in [0.25, 0.3) is 11.8 Å². The molecule has 0 saturated carbocycles. The van der Waals surface area contributed by atoms with Crippen LogP contribution < -0.4 is 20.1 Å². The lowest BCUT2D eigenvalue weighted by atomic mass is 10.0. The van der Waals surface area contributed by atoms with E-state index in [1.807, 2.05) is 41.0 Å². The summed E-state index contributed by atoms with van der Waals surface area (Å²) in [6.45, 7) is 0.220. The van der Waals surface area contributed by atoms with Crippen LogP contribution in [0.15, 0.2) is 48.0 Å². The van der Waals surface area contributed by atoms with Crippen molar-refractivity contribution in [3.05, 3.63) is 53.6 Å². The topological polar surface area (TPSA) is 93.7 Å². The molecule has 2 heterocycles. The molecule has 1 fully saturated rings. The summed E-state index contributed by atoms with van der Waals surface area (Å²) in [4.78, 5) is 34.5. The normalized spacial score (nSPS) is 15.7. The van der Waals surface area contributed by atoms with E-state index in [1.165, 1.54) is 6.08 Å². The molecule has 4 rings (SSSR count). The monoisotopic (exact) mass is 336 g/mol. The van der Waals surface area contributed by atoms with Crippen molar-refractivity contribution in [2.45, 2.75) is 0 Å². The predicted molar refractivity (Wildman–Crippen MR) is 87.7 cm³/mol. The van der Waals surface area contributed by atoms with Crippen LogP contribution in [0.5, 0.6) is 11.5 Å². The largest absolute Gasteiger partial charge is 0.454 e. The van der Waals surface area contributed by atoms with Crippen LogP contribution in [0.25, 0.3) is 17.2 Å². The molecular weight excluding hydrogens is 324 g/mol. The third kappa shape index (κ3) is 2.83. The van der Waals surface area contributed by atoms with E-state index in [0.717, 1.165) is 11.1 Å². The van der Waals surface area contributed by atoms with E-state index in [-0.39, 0.29) is 12.4 Å². The number of benzene rings is 2. The molecule has 0 unspecified atom stereocenters. The molecule has 2 N–H and O–H groups in total. The third-order valence-electron chi connectivity index (χ3n) is 3.87. The molecule has 7 heteroatoms. The van der Waals surface area contributed by atoms with E-state index in [9.17, 15) is 14.4 Å². The molecule has 0 atom stereocenters. The fourth-order valence-corrected chi connectivity index (χ4v) is 2.62. The van der Waals surface area contributed by atoms with Gasteiger partial charge in [0.2, 0.25) is 6.79 Å². The highest BCUT2D eigenvalue weighted by molar-refractivity contribution is 6.31. The summed E-state index contributed by atoms with van der Waals surface area (Å²) in [6, 6.07) is 12.2. The minimum atomic E-state index is -0.815. The van der Waals surface area contributed by atoms with E-state index >= 15 is 0 Å². The molecule has 2 aromatic rings. The molecule has 1 saturated heterocycles. The fraction of sp³-hybridized carbons (Fsp3) is 0.0556. The Morgan fingerprint density at radius 3 is 2.16 bits per heavy atom. The maximum absolute atomic E-state index is 11.7. The Bertz CT molecular complexity index is 909. The van der Waals surface area contributed by atoms with Gasteiger partial charge in [-0.1, -0.05) is 30.3 Å². The molecular formula is C18H12N2O5. The molecule has 4 amide bonds. The molecule has 124 valence electrons. The van der Waals surface area contributed by atoms with Crippen molar-refractivity contribution in [3.63, 3.8) is 0 Å². The van der Waals surface area contributed by atoms with Crippen LogP contribution in [-0.4, -0.2) is 24.6 Å². The number of rotatable bonds is 2. The first-order chi connectivity index (χ1) is 12.1. The van der Waals surface area contributed by atoms with Gasteiger partial charge in [-0.2, -0.15) is 0 Å². The van der Waals surface area contributed by atoms with Crippen LogP contribution in [0.4, 0.5) is 4.79 Å².